The fourth-order valence-electron chi connectivity index (χ4n) is 2.98. The maximum Gasteiger partial charge on any atom is 0.340 e. The van der Waals surface area contributed by atoms with E-state index in [1.54, 1.807) is 42.9 Å². The van der Waals surface area contributed by atoms with Crippen molar-refractivity contribution in [3.05, 3.63) is 71.6 Å². The number of aromatic nitrogens is 3. The number of rotatable bonds is 6. The molecule has 0 spiro atoms. The lowest BCUT2D eigenvalue weighted by Gasteiger charge is -2.11. The number of esters is 1. The van der Waals surface area contributed by atoms with Gasteiger partial charge in [-0.1, -0.05) is 30.3 Å². The van der Waals surface area contributed by atoms with Crippen molar-refractivity contribution in [3.8, 4) is 11.1 Å². The molecular weight excluding hydrogens is 372 g/mol. The van der Waals surface area contributed by atoms with E-state index in [9.17, 15) is 4.79 Å². The number of carbonyl (C=O) groups excluding carboxylic acids is 1. The molecule has 1 aromatic carbocycles. The highest BCUT2D eigenvalue weighted by molar-refractivity contribution is 7.17. The Bertz CT molecular complexity index is 1110. The molecule has 3 heterocycles. The van der Waals surface area contributed by atoms with Gasteiger partial charge in [-0.05, 0) is 24.6 Å². The maximum absolute atomic E-state index is 12.2. The number of pyridine rings is 1. The van der Waals surface area contributed by atoms with Gasteiger partial charge in [-0.15, -0.1) is 11.3 Å². The van der Waals surface area contributed by atoms with Crippen LogP contribution in [0.25, 0.3) is 21.3 Å². The Kier molecular flexibility index (Phi) is 5.25. The lowest BCUT2D eigenvalue weighted by atomic mass is 10.1. The molecule has 4 rings (SSSR count). The fraction of sp³-hybridized carbons (Fsp3) is 0.143. The van der Waals surface area contributed by atoms with Gasteiger partial charge in [0.25, 0.3) is 0 Å². The summed E-state index contributed by atoms with van der Waals surface area (Å²) in [4.78, 5) is 26.2. The summed E-state index contributed by atoms with van der Waals surface area (Å²) in [6.07, 6.45) is 3.20. The second-order valence-electron chi connectivity index (χ2n) is 5.99. The van der Waals surface area contributed by atoms with Crippen LogP contribution in [0.4, 0.5) is 5.82 Å². The highest BCUT2D eigenvalue weighted by Crippen LogP contribution is 2.36. The first-order chi connectivity index (χ1) is 13.8. The predicted molar refractivity (Wildman–Crippen MR) is 110 cm³/mol. The van der Waals surface area contributed by atoms with Crippen LogP contribution in [0.5, 0.6) is 0 Å². The van der Waals surface area contributed by atoms with Crippen molar-refractivity contribution in [3.63, 3.8) is 0 Å². The van der Waals surface area contributed by atoms with Gasteiger partial charge in [0.1, 0.15) is 17.0 Å². The molecule has 0 aliphatic carbocycles. The predicted octanol–water partition coefficient (Wildman–Crippen LogP) is 4.54. The molecule has 0 fully saturated rings. The maximum atomic E-state index is 12.2. The molecule has 0 saturated carbocycles. The van der Waals surface area contributed by atoms with Crippen molar-refractivity contribution < 1.29 is 9.53 Å². The summed E-state index contributed by atoms with van der Waals surface area (Å²) >= 11 is 1.58. The first-order valence-electron chi connectivity index (χ1n) is 8.90. The Morgan fingerprint density at radius 2 is 1.96 bits per heavy atom. The molecular formula is C21H18N4O2S. The Balaban J connectivity index is 1.67. The van der Waals surface area contributed by atoms with Crippen LogP contribution in [0.15, 0.2) is 60.4 Å². The normalized spacial score (nSPS) is 10.8. The van der Waals surface area contributed by atoms with Crippen molar-refractivity contribution >= 4 is 33.3 Å². The van der Waals surface area contributed by atoms with Gasteiger partial charge in [-0.3, -0.25) is 4.98 Å². The van der Waals surface area contributed by atoms with Crippen LogP contribution in [-0.4, -0.2) is 27.5 Å². The summed E-state index contributed by atoms with van der Waals surface area (Å²) in [6.45, 7) is 2.46. The summed E-state index contributed by atoms with van der Waals surface area (Å²) in [5.41, 5.74) is 3.26. The summed E-state index contributed by atoms with van der Waals surface area (Å²) in [5, 5.41) is 6.38. The van der Waals surface area contributed by atoms with E-state index in [1.165, 1.54) is 0 Å². The van der Waals surface area contributed by atoms with Gasteiger partial charge in [-0.25, -0.2) is 14.8 Å². The minimum Gasteiger partial charge on any atom is -0.462 e. The van der Waals surface area contributed by atoms with E-state index in [1.807, 2.05) is 18.2 Å². The third-order valence-electron chi connectivity index (χ3n) is 4.26. The first-order valence-corrected chi connectivity index (χ1v) is 9.78. The summed E-state index contributed by atoms with van der Waals surface area (Å²) in [6, 6.07) is 13.6. The largest absolute Gasteiger partial charge is 0.462 e. The quantitative estimate of drug-likeness (QED) is 0.487. The first kappa shape index (κ1) is 18.1. The second kappa shape index (κ2) is 8.14. The van der Waals surface area contributed by atoms with Crippen LogP contribution in [-0.2, 0) is 11.3 Å². The van der Waals surface area contributed by atoms with Crippen LogP contribution < -0.4 is 5.32 Å². The lowest BCUT2D eigenvalue weighted by Crippen LogP contribution is -2.12. The van der Waals surface area contributed by atoms with Crippen LogP contribution in [0, 0.1) is 0 Å². The number of nitrogens with zero attached hydrogens (tertiary/aromatic N) is 3. The van der Waals surface area contributed by atoms with Crippen LogP contribution in [0.3, 0.4) is 0 Å². The minimum absolute atomic E-state index is 0.322. The summed E-state index contributed by atoms with van der Waals surface area (Å²) in [7, 11) is 0. The number of benzene rings is 1. The Hall–Kier alpha value is -3.32. The van der Waals surface area contributed by atoms with Crippen LogP contribution in [0.2, 0.25) is 0 Å². The van der Waals surface area contributed by atoms with Gasteiger partial charge in [0, 0.05) is 17.1 Å². The average molecular weight is 390 g/mol. The molecule has 0 saturated heterocycles. The Morgan fingerprint density at radius 3 is 2.79 bits per heavy atom. The highest BCUT2D eigenvalue weighted by Gasteiger charge is 2.16. The molecule has 0 aliphatic rings. The van der Waals surface area contributed by atoms with E-state index in [0.29, 0.717) is 30.2 Å². The number of thiophene rings is 1. The SMILES string of the molecule is CCOC(=O)c1cccnc1CNc1ncnc2scc(-c3ccccc3)c12. The number of fused-ring (bicyclic) bond motifs is 1. The van der Waals surface area contributed by atoms with E-state index in [-0.39, 0.29) is 5.97 Å². The topological polar surface area (TPSA) is 77.0 Å². The zero-order valence-corrected chi connectivity index (χ0v) is 16.1. The van der Waals surface area contributed by atoms with E-state index in [2.05, 4.69) is 37.8 Å². The molecule has 6 nitrogen and oxygen atoms in total. The average Bonchev–Trinajstić information content (AvgIpc) is 3.18. The van der Waals surface area contributed by atoms with E-state index < -0.39 is 0 Å². The fourth-order valence-corrected chi connectivity index (χ4v) is 3.90. The molecule has 0 radical (unpaired) electrons. The third-order valence-corrected chi connectivity index (χ3v) is 5.15. The lowest BCUT2D eigenvalue weighted by molar-refractivity contribution is 0.0524. The smallest absolute Gasteiger partial charge is 0.340 e. The molecule has 0 aliphatic heterocycles. The van der Waals surface area contributed by atoms with Crippen molar-refractivity contribution in [1.29, 1.82) is 0 Å². The van der Waals surface area contributed by atoms with E-state index in [0.717, 1.165) is 21.3 Å². The summed E-state index contributed by atoms with van der Waals surface area (Å²) < 4.78 is 5.12. The zero-order valence-electron chi connectivity index (χ0n) is 15.3. The Morgan fingerprint density at radius 1 is 1.11 bits per heavy atom. The molecule has 1 N–H and O–H groups in total. The van der Waals surface area contributed by atoms with E-state index in [4.69, 9.17) is 4.74 Å². The number of ether oxygens (including phenoxy) is 1. The van der Waals surface area contributed by atoms with Gasteiger partial charge in [-0.2, -0.15) is 0 Å². The monoisotopic (exact) mass is 390 g/mol. The molecule has 140 valence electrons. The van der Waals surface area contributed by atoms with Gasteiger partial charge >= 0.3 is 5.97 Å². The van der Waals surface area contributed by atoms with Gasteiger partial charge in [0.2, 0.25) is 0 Å². The van der Waals surface area contributed by atoms with Crippen LogP contribution >= 0.6 is 11.3 Å². The van der Waals surface area contributed by atoms with Gasteiger partial charge in [0.05, 0.1) is 29.8 Å². The molecule has 7 heteroatoms. The molecule has 0 bridgehead atoms. The van der Waals surface area contributed by atoms with Gasteiger partial charge < -0.3 is 10.1 Å². The molecule has 0 amide bonds. The molecule has 3 aromatic heterocycles. The number of hydrogen-bond acceptors (Lipinski definition) is 7. The number of hydrogen-bond donors (Lipinski definition) is 1. The third kappa shape index (κ3) is 3.57. The standard InChI is InChI=1S/C21H18N4O2S/c1-2-27-21(26)15-9-6-10-22-17(15)11-23-19-18-16(14-7-4-3-5-8-14)12-28-20(18)25-13-24-19/h3-10,12-13H,2,11H2,1H3,(H,23,24,25). The van der Waals surface area contributed by atoms with Crippen molar-refractivity contribution in [2.75, 3.05) is 11.9 Å². The highest BCUT2D eigenvalue weighted by atomic mass is 32.1. The van der Waals surface area contributed by atoms with Crippen molar-refractivity contribution in [2.45, 2.75) is 13.5 Å². The van der Waals surface area contributed by atoms with Crippen LogP contribution in [0.1, 0.15) is 23.0 Å². The minimum atomic E-state index is -0.374. The molecule has 4 aromatic rings. The number of carbonyl (C=O) groups is 1. The summed E-state index contributed by atoms with van der Waals surface area (Å²) in [5.74, 6) is 0.339. The van der Waals surface area contributed by atoms with E-state index >= 15 is 0 Å². The number of nitrogens with one attached hydrogen (secondary N) is 1. The zero-order chi connectivity index (χ0) is 19.3. The number of anilines is 1. The molecule has 28 heavy (non-hydrogen) atoms. The van der Waals surface area contributed by atoms with Gasteiger partial charge in [0.15, 0.2) is 0 Å². The van der Waals surface area contributed by atoms with Crippen molar-refractivity contribution in [1.82, 2.24) is 15.0 Å². The Labute approximate surface area is 166 Å². The second-order valence-corrected chi connectivity index (χ2v) is 6.85. The molecule has 0 atom stereocenters. The van der Waals surface area contributed by atoms with Crippen molar-refractivity contribution in [2.24, 2.45) is 0 Å². The molecule has 0 unspecified atom stereocenters.